The van der Waals surface area contributed by atoms with E-state index in [1.165, 1.54) is 17.4 Å². The third kappa shape index (κ3) is 3.38. The van der Waals surface area contributed by atoms with E-state index in [1.54, 1.807) is 13.0 Å². The first kappa shape index (κ1) is 17.8. The number of aromatic nitrogens is 2. The SMILES string of the molecule is CCOC(=O)c1cc2sc(C)cc2c(-c2cc(C=O)c(Cl)nc2Cl)n1. The van der Waals surface area contributed by atoms with Crippen LogP contribution in [-0.4, -0.2) is 28.8 Å². The molecule has 3 aromatic heterocycles. The van der Waals surface area contributed by atoms with Gasteiger partial charge in [0.25, 0.3) is 0 Å². The number of carbonyl (C=O) groups is 2. The van der Waals surface area contributed by atoms with Gasteiger partial charge in [0.05, 0.1) is 17.9 Å². The zero-order valence-corrected chi connectivity index (χ0v) is 15.6. The standard InChI is InChI=1S/C17H12Cl2N2O3S/c1-3-24-17(23)12-6-13-10(4-8(2)25-13)14(20-12)11-5-9(7-22)15(18)21-16(11)19/h4-7H,3H2,1-2H3. The highest BCUT2D eigenvalue weighted by molar-refractivity contribution is 7.19. The van der Waals surface area contributed by atoms with Gasteiger partial charge in [-0.15, -0.1) is 11.3 Å². The van der Waals surface area contributed by atoms with Crippen molar-refractivity contribution in [1.82, 2.24) is 9.97 Å². The number of carbonyl (C=O) groups excluding carboxylic acids is 2. The topological polar surface area (TPSA) is 69.2 Å². The summed E-state index contributed by atoms with van der Waals surface area (Å²) < 4.78 is 5.91. The van der Waals surface area contributed by atoms with Gasteiger partial charge in [-0.1, -0.05) is 23.2 Å². The monoisotopic (exact) mass is 394 g/mol. The molecule has 8 heteroatoms. The van der Waals surface area contributed by atoms with Crippen LogP contribution in [0.25, 0.3) is 21.3 Å². The number of rotatable bonds is 4. The predicted octanol–water partition coefficient (Wildman–Crippen LogP) is 4.96. The molecule has 0 fully saturated rings. The Hall–Kier alpha value is -2.02. The van der Waals surface area contributed by atoms with E-state index >= 15 is 0 Å². The van der Waals surface area contributed by atoms with Crippen LogP contribution < -0.4 is 0 Å². The van der Waals surface area contributed by atoms with Gasteiger partial charge in [-0.25, -0.2) is 14.8 Å². The molecule has 0 atom stereocenters. The summed E-state index contributed by atoms with van der Waals surface area (Å²) in [5.41, 5.74) is 1.26. The summed E-state index contributed by atoms with van der Waals surface area (Å²) in [6, 6.07) is 5.16. The largest absolute Gasteiger partial charge is 0.461 e. The Balaban J connectivity index is 2.31. The van der Waals surface area contributed by atoms with Crippen LogP contribution in [0.4, 0.5) is 0 Å². The lowest BCUT2D eigenvalue weighted by Crippen LogP contribution is -2.07. The minimum atomic E-state index is -0.523. The highest BCUT2D eigenvalue weighted by Crippen LogP contribution is 2.37. The second-order valence-corrected chi connectivity index (χ2v) is 7.17. The highest BCUT2D eigenvalue weighted by atomic mass is 35.5. The molecule has 0 spiro atoms. The molecule has 0 aromatic carbocycles. The van der Waals surface area contributed by atoms with Gasteiger partial charge in [0.15, 0.2) is 12.0 Å². The van der Waals surface area contributed by atoms with Crippen molar-refractivity contribution in [1.29, 1.82) is 0 Å². The Labute approximate surface area is 157 Å². The number of halogens is 2. The average molecular weight is 395 g/mol. The van der Waals surface area contributed by atoms with Crippen LogP contribution in [0.5, 0.6) is 0 Å². The van der Waals surface area contributed by atoms with Gasteiger partial charge in [-0.3, -0.25) is 4.79 Å². The Morgan fingerprint density at radius 3 is 2.68 bits per heavy atom. The van der Waals surface area contributed by atoms with E-state index in [0.717, 1.165) is 15.0 Å². The maximum atomic E-state index is 12.1. The summed E-state index contributed by atoms with van der Waals surface area (Å²) in [5.74, 6) is -0.523. The van der Waals surface area contributed by atoms with E-state index < -0.39 is 5.97 Å². The van der Waals surface area contributed by atoms with Crippen molar-refractivity contribution >= 4 is 56.9 Å². The van der Waals surface area contributed by atoms with E-state index in [-0.39, 0.29) is 28.2 Å². The van der Waals surface area contributed by atoms with Crippen molar-refractivity contribution < 1.29 is 14.3 Å². The number of fused-ring (bicyclic) bond motifs is 1. The van der Waals surface area contributed by atoms with Crippen molar-refractivity contribution in [3.05, 3.63) is 44.6 Å². The summed E-state index contributed by atoms with van der Waals surface area (Å²) >= 11 is 13.7. The normalized spacial score (nSPS) is 10.9. The maximum absolute atomic E-state index is 12.1. The fourth-order valence-corrected chi connectivity index (χ4v) is 3.83. The molecule has 25 heavy (non-hydrogen) atoms. The number of nitrogens with zero attached hydrogens (tertiary/aromatic N) is 2. The molecule has 5 nitrogen and oxygen atoms in total. The Morgan fingerprint density at radius 1 is 1.24 bits per heavy atom. The van der Waals surface area contributed by atoms with Crippen molar-refractivity contribution in [3.8, 4) is 11.3 Å². The fraction of sp³-hybridized carbons (Fsp3) is 0.176. The van der Waals surface area contributed by atoms with E-state index in [9.17, 15) is 9.59 Å². The molecule has 0 N–H and O–H groups in total. The molecule has 0 aliphatic carbocycles. The lowest BCUT2D eigenvalue weighted by molar-refractivity contribution is 0.0520. The lowest BCUT2D eigenvalue weighted by atomic mass is 10.1. The molecule has 3 heterocycles. The summed E-state index contributed by atoms with van der Waals surface area (Å²) in [7, 11) is 0. The van der Waals surface area contributed by atoms with E-state index in [0.29, 0.717) is 17.5 Å². The minimum Gasteiger partial charge on any atom is -0.461 e. The number of esters is 1. The number of hydrogen-bond acceptors (Lipinski definition) is 6. The van der Waals surface area contributed by atoms with Gasteiger partial charge < -0.3 is 4.74 Å². The lowest BCUT2D eigenvalue weighted by Gasteiger charge is -2.09. The second kappa shape index (κ2) is 7.07. The number of ether oxygens (including phenoxy) is 1. The first-order valence-electron chi connectivity index (χ1n) is 7.34. The van der Waals surface area contributed by atoms with Crippen molar-refractivity contribution in [3.63, 3.8) is 0 Å². The van der Waals surface area contributed by atoms with Crippen LogP contribution in [0.3, 0.4) is 0 Å². The molecule has 0 saturated carbocycles. The quantitative estimate of drug-likeness (QED) is 0.355. The van der Waals surface area contributed by atoms with Crippen LogP contribution in [-0.2, 0) is 4.74 Å². The van der Waals surface area contributed by atoms with Gasteiger partial charge in [0.2, 0.25) is 0 Å². The van der Waals surface area contributed by atoms with E-state index in [1.807, 2.05) is 13.0 Å². The average Bonchev–Trinajstić information content (AvgIpc) is 2.94. The predicted molar refractivity (Wildman–Crippen MR) is 99.0 cm³/mol. The minimum absolute atomic E-state index is 0.0167. The molecule has 0 unspecified atom stereocenters. The van der Waals surface area contributed by atoms with Gasteiger partial charge in [0.1, 0.15) is 10.3 Å². The number of aryl methyl sites for hydroxylation is 1. The molecule has 128 valence electrons. The number of aldehydes is 1. The maximum Gasteiger partial charge on any atom is 0.356 e. The smallest absolute Gasteiger partial charge is 0.356 e. The Kier molecular flexibility index (Phi) is 5.03. The van der Waals surface area contributed by atoms with Crippen LogP contribution in [0.2, 0.25) is 10.3 Å². The summed E-state index contributed by atoms with van der Waals surface area (Å²) in [5, 5.41) is 0.940. The van der Waals surface area contributed by atoms with Crippen LogP contribution >= 0.6 is 34.5 Å². The summed E-state index contributed by atoms with van der Waals surface area (Å²) in [4.78, 5) is 32.8. The number of hydrogen-bond donors (Lipinski definition) is 0. The summed E-state index contributed by atoms with van der Waals surface area (Å²) in [6.45, 7) is 3.93. The first-order valence-corrected chi connectivity index (χ1v) is 8.91. The van der Waals surface area contributed by atoms with E-state index in [4.69, 9.17) is 27.9 Å². The van der Waals surface area contributed by atoms with Gasteiger partial charge in [-0.05, 0) is 32.0 Å². The molecular weight excluding hydrogens is 383 g/mol. The Morgan fingerprint density at radius 2 is 2.00 bits per heavy atom. The van der Waals surface area contributed by atoms with Crippen LogP contribution in [0, 0.1) is 6.92 Å². The Bertz CT molecular complexity index is 1000. The van der Waals surface area contributed by atoms with Gasteiger partial charge in [0, 0.05) is 20.5 Å². The molecule has 0 saturated heterocycles. The van der Waals surface area contributed by atoms with Gasteiger partial charge in [-0.2, -0.15) is 0 Å². The number of thiophene rings is 1. The van der Waals surface area contributed by atoms with Crippen molar-refractivity contribution in [2.75, 3.05) is 6.61 Å². The fourth-order valence-electron chi connectivity index (χ4n) is 2.41. The molecule has 3 rings (SSSR count). The molecule has 0 aliphatic heterocycles. The third-order valence-electron chi connectivity index (χ3n) is 3.46. The van der Waals surface area contributed by atoms with E-state index in [2.05, 4.69) is 9.97 Å². The summed E-state index contributed by atoms with van der Waals surface area (Å²) in [6.07, 6.45) is 0.598. The zero-order valence-electron chi connectivity index (χ0n) is 13.3. The first-order chi connectivity index (χ1) is 11.9. The third-order valence-corrected chi connectivity index (χ3v) is 5.05. The molecule has 0 radical (unpaired) electrons. The molecular formula is C17H12Cl2N2O3S. The van der Waals surface area contributed by atoms with Crippen molar-refractivity contribution in [2.45, 2.75) is 13.8 Å². The highest BCUT2D eigenvalue weighted by Gasteiger charge is 2.19. The molecule has 0 bridgehead atoms. The number of pyridine rings is 2. The molecule has 3 aromatic rings. The van der Waals surface area contributed by atoms with Crippen LogP contribution in [0.1, 0.15) is 32.6 Å². The molecule has 0 aliphatic rings. The zero-order chi connectivity index (χ0) is 18.1. The van der Waals surface area contributed by atoms with Gasteiger partial charge >= 0.3 is 5.97 Å². The van der Waals surface area contributed by atoms with Crippen LogP contribution in [0.15, 0.2) is 18.2 Å². The molecule has 0 amide bonds. The van der Waals surface area contributed by atoms with Crippen molar-refractivity contribution in [2.24, 2.45) is 0 Å². The second-order valence-electron chi connectivity index (χ2n) is 5.17.